The van der Waals surface area contributed by atoms with Gasteiger partial charge >= 0.3 is 0 Å². The van der Waals surface area contributed by atoms with Crippen molar-refractivity contribution in [3.05, 3.63) is 29.7 Å². The van der Waals surface area contributed by atoms with Gasteiger partial charge in [0.05, 0.1) is 11.9 Å². The molecule has 5 nitrogen and oxygen atoms in total. The van der Waals surface area contributed by atoms with Crippen LogP contribution in [0.1, 0.15) is 37.0 Å². The number of thioether (sulfide) groups is 1. The molecule has 1 amide bonds. The van der Waals surface area contributed by atoms with E-state index >= 15 is 0 Å². The summed E-state index contributed by atoms with van der Waals surface area (Å²) in [7, 11) is 0. The minimum atomic E-state index is -0.0258. The highest BCUT2D eigenvalue weighted by atomic mass is 32.2. The zero-order valence-electron chi connectivity index (χ0n) is 12.7. The van der Waals surface area contributed by atoms with Gasteiger partial charge in [-0.3, -0.25) is 4.79 Å². The Bertz CT molecular complexity index is 668. The van der Waals surface area contributed by atoms with Gasteiger partial charge in [0.2, 0.25) is 0 Å². The Kier molecular flexibility index (Phi) is 3.65. The van der Waals surface area contributed by atoms with Crippen molar-refractivity contribution in [1.29, 1.82) is 0 Å². The Labute approximate surface area is 128 Å². The lowest BCUT2D eigenvalue weighted by Crippen LogP contribution is -2.38. The molecule has 0 aromatic carbocycles. The van der Waals surface area contributed by atoms with Crippen LogP contribution in [0.3, 0.4) is 0 Å². The highest BCUT2D eigenvalue weighted by Gasteiger charge is 2.21. The topological polar surface area (TPSA) is 50.5 Å². The van der Waals surface area contributed by atoms with Gasteiger partial charge in [-0.15, -0.1) is 0 Å². The first kappa shape index (κ1) is 14.4. The third-order valence-corrected chi connectivity index (χ3v) is 4.55. The summed E-state index contributed by atoms with van der Waals surface area (Å²) < 4.78 is 1.71. The molecule has 1 aliphatic heterocycles. The Balaban J connectivity index is 1.91. The van der Waals surface area contributed by atoms with Crippen LogP contribution in [-0.2, 0) is 5.41 Å². The van der Waals surface area contributed by atoms with E-state index in [4.69, 9.17) is 0 Å². The monoisotopic (exact) mass is 304 g/mol. The number of carbonyl (C=O) groups excluding carboxylic acids is 1. The van der Waals surface area contributed by atoms with Crippen molar-refractivity contribution in [2.45, 2.75) is 26.2 Å². The molecule has 3 heterocycles. The zero-order valence-corrected chi connectivity index (χ0v) is 13.5. The van der Waals surface area contributed by atoms with Crippen LogP contribution >= 0.6 is 11.8 Å². The molecule has 0 spiro atoms. The van der Waals surface area contributed by atoms with E-state index in [-0.39, 0.29) is 11.3 Å². The molecule has 112 valence electrons. The van der Waals surface area contributed by atoms with Crippen molar-refractivity contribution in [1.82, 2.24) is 19.5 Å². The number of hydrogen-bond acceptors (Lipinski definition) is 4. The van der Waals surface area contributed by atoms with E-state index < -0.39 is 0 Å². The molecule has 0 saturated carbocycles. The van der Waals surface area contributed by atoms with Crippen molar-refractivity contribution >= 4 is 23.3 Å². The maximum atomic E-state index is 12.5. The van der Waals surface area contributed by atoms with Crippen LogP contribution in [0.5, 0.6) is 0 Å². The van der Waals surface area contributed by atoms with Crippen LogP contribution in [0.2, 0.25) is 0 Å². The number of imidazole rings is 1. The normalized spacial score (nSPS) is 16.4. The van der Waals surface area contributed by atoms with Crippen LogP contribution in [0, 0.1) is 0 Å². The third-order valence-electron chi connectivity index (χ3n) is 3.61. The lowest BCUT2D eigenvalue weighted by atomic mass is 9.93. The average Bonchev–Trinajstić information content (AvgIpc) is 2.90. The Morgan fingerprint density at radius 3 is 2.62 bits per heavy atom. The summed E-state index contributed by atoms with van der Waals surface area (Å²) in [6.07, 6.45) is 1.91. The van der Waals surface area contributed by atoms with E-state index in [1.54, 1.807) is 10.6 Å². The Hall–Kier alpha value is -1.56. The summed E-state index contributed by atoms with van der Waals surface area (Å²) in [6, 6.07) is 3.65. The number of carbonyl (C=O) groups is 1. The maximum Gasteiger partial charge on any atom is 0.274 e. The largest absolute Gasteiger partial charge is 0.336 e. The fraction of sp³-hybridized carbons (Fsp3) is 0.533. The molecule has 0 radical (unpaired) electrons. The molecular weight excluding hydrogens is 284 g/mol. The minimum absolute atomic E-state index is 0.0169. The van der Waals surface area contributed by atoms with E-state index in [0.29, 0.717) is 5.69 Å². The molecule has 1 fully saturated rings. The smallest absolute Gasteiger partial charge is 0.274 e. The lowest BCUT2D eigenvalue weighted by Gasteiger charge is -2.25. The molecule has 6 heteroatoms. The summed E-state index contributed by atoms with van der Waals surface area (Å²) in [5, 5.41) is 4.44. The van der Waals surface area contributed by atoms with Gasteiger partial charge in [0.1, 0.15) is 5.69 Å². The molecule has 1 aliphatic rings. The van der Waals surface area contributed by atoms with Gasteiger partial charge in [-0.1, -0.05) is 20.8 Å². The van der Waals surface area contributed by atoms with Gasteiger partial charge in [0, 0.05) is 30.0 Å². The molecule has 0 unspecified atom stereocenters. The molecule has 0 N–H and O–H groups in total. The first-order valence-corrected chi connectivity index (χ1v) is 8.34. The van der Waals surface area contributed by atoms with Gasteiger partial charge in [-0.05, 0) is 12.1 Å². The van der Waals surface area contributed by atoms with Gasteiger partial charge in [0.15, 0.2) is 5.65 Å². The SMILES string of the molecule is CC(C)(C)c1cn2nc(C(=O)N3CCSCC3)ccc2n1. The number of fused-ring (bicyclic) bond motifs is 1. The molecule has 1 saturated heterocycles. The summed E-state index contributed by atoms with van der Waals surface area (Å²) in [5.41, 5.74) is 2.23. The van der Waals surface area contributed by atoms with Crippen LogP contribution in [0.25, 0.3) is 5.65 Å². The van der Waals surface area contributed by atoms with Crippen molar-refractivity contribution in [2.24, 2.45) is 0 Å². The second-order valence-electron chi connectivity index (χ2n) is 6.30. The molecular formula is C15H20N4OS. The fourth-order valence-corrected chi connectivity index (χ4v) is 3.19. The van der Waals surface area contributed by atoms with E-state index in [9.17, 15) is 4.79 Å². The van der Waals surface area contributed by atoms with Gasteiger partial charge in [-0.25, -0.2) is 9.50 Å². The third kappa shape index (κ3) is 2.90. The number of rotatable bonds is 1. The molecule has 0 atom stereocenters. The number of nitrogens with zero attached hydrogens (tertiary/aromatic N) is 4. The van der Waals surface area contributed by atoms with Gasteiger partial charge in [-0.2, -0.15) is 16.9 Å². The molecule has 0 aliphatic carbocycles. The summed E-state index contributed by atoms with van der Waals surface area (Å²) in [5.74, 6) is 2.03. The Morgan fingerprint density at radius 1 is 1.24 bits per heavy atom. The fourth-order valence-electron chi connectivity index (χ4n) is 2.29. The molecule has 2 aromatic heterocycles. The second-order valence-corrected chi connectivity index (χ2v) is 7.53. The van der Waals surface area contributed by atoms with Crippen LogP contribution in [0.15, 0.2) is 18.3 Å². The van der Waals surface area contributed by atoms with E-state index in [2.05, 4.69) is 30.9 Å². The van der Waals surface area contributed by atoms with Gasteiger partial charge < -0.3 is 4.90 Å². The zero-order chi connectivity index (χ0) is 15.0. The van der Waals surface area contributed by atoms with Crippen molar-refractivity contribution in [3.63, 3.8) is 0 Å². The average molecular weight is 304 g/mol. The van der Waals surface area contributed by atoms with Crippen molar-refractivity contribution in [2.75, 3.05) is 24.6 Å². The predicted molar refractivity (Wildman–Crippen MR) is 84.9 cm³/mol. The minimum Gasteiger partial charge on any atom is -0.336 e. The number of hydrogen-bond donors (Lipinski definition) is 0. The maximum absolute atomic E-state index is 12.5. The predicted octanol–water partition coefficient (Wildman–Crippen LogP) is 2.22. The number of amides is 1. The molecule has 3 rings (SSSR count). The summed E-state index contributed by atoms with van der Waals surface area (Å²) in [6.45, 7) is 7.96. The standard InChI is InChI=1S/C15H20N4OS/c1-15(2,3)12-10-19-13(16-12)5-4-11(17-19)14(20)18-6-8-21-9-7-18/h4-5,10H,6-9H2,1-3H3. The van der Waals surface area contributed by atoms with Crippen LogP contribution < -0.4 is 0 Å². The van der Waals surface area contributed by atoms with E-state index in [0.717, 1.165) is 35.9 Å². The summed E-state index contributed by atoms with van der Waals surface area (Å²) >= 11 is 1.89. The Morgan fingerprint density at radius 2 is 1.95 bits per heavy atom. The van der Waals surface area contributed by atoms with Crippen molar-refractivity contribution < 1.29 is 4.79 Å². The van der Waals surface area contributed by atoms with E-state index in [1.807, 2.05) is 28.9 Å². The van der Waals surface area contributed by atoms with Crippen LogP contribution in [0.4, 0.5) is 0 Å². The van der Waals surface area contributed by atoms with Crippen LogP contribution in [-0.4, -0.2) is 50.0 Å². The first-order chi connectivity index (χ1) is 9.95. The molecule has 2 aromatic rings. The first-order valence-electron chi connectivity index (χ1n) is 7.19. The number of aromatic nitrogens is 3. The van der Waals surface area contributed by atoms with Crippen molar-refractivity contribution in [3.8, 4) is 0 Å². The second kappa shape index (κ2) is 5.33. The highest BCUT2D eigenvalue weighted by Crippen LogP contribution is 2.21. The highest BCUT2D eigenvalue weighted by molar-refractivity contribution is 7.99. The molecule has 21 heavy (non-hydrogen) atoms. The van der Waals surface area contributed by atoms with Gasteiger partial charge in [0.25, 0.3) is 5.91 Å². The van der Waals surface area contributed by atoms with E-state index in [1.165, 1.54) is 0 Å². The molecule has 0 bridgehead atoms. The lowest BCUT2D eigenvalue weighted by molar-refractivity contribution is 0.0765. The quantitative estimate of drug-likeness (QED) is 0.810. The summed E-state index contributed by atoms with van der Waals surface area (Å²) in [4.78, 5) is 18.9.